The number of carbonyl (C=O) groups excluding carboxylic acids is 2. The van der Waals surface area contributed by atoms with Crippen LogP contribution >= 0.6 is 11.6 Å². The molecule has 0 amide bonds. The van der Waals surface area contributed by atoms with E-state index in [9.17, 15) is 9.59 Å². The molecule has 0 unspecified atom stereocenters. The van der Waals surface area contributed by atoms with Crippen LogP contribution in [0.15, 0.2) is 0 Å². The average Bonchev–Trinajstić information content (AvgIpc) is 2.03. The molecule has 0 aromatic rings. The summed E-state index contributed by atoms with van der Waals surface area (Å²) >= 11 is 5.21. The first kappa shape index (κ1) is 11.4. The Kier molecular flexibility index (Phi) is 4.20. The molecule has 0 bridgehead atoms. The lowest BCUT2D eigenvalue weighted by molar-refractivity contribution is -0.152. The van der Waals surface area contributed by atoms with Gasteiger partial charge >= 0.3 is 5.97 Å². The summed E-state index contributed by atoms with van der Waals surface area (Å²) in [6.45, 7) is 3.26. The van der Waals surface area contributed by atoms with Crippen molar-refractivity contribution in [2.45, 2.75) is 19.4 Å². The van der Waals surface area contributed by atoms with E-state index in [-0.39, 0.29) is 6.61 Å². The zero-order valence-electron chi connectivity index (χ0n) is 7.31. The summed E-state index contributed by atoms with van der Waals surface area (Å²) < 4.78 is 4.65. The van der Waals surface area contributed by atoms with Gasteiger partial charge in [0.05, 0.1) is 6.61 Å². The van der Waals surface area contributed by atoms with Crippen molar-refractivity contribution in [2.24, 2.45) is 0 Å². The summed E-state index contributed by atoms with van der Waals surface area (Å²) in [5.41, 5.74) is -1.43. The summed E-state index contributed by atoms with van der Waals surface area (Å²) in [6.07, 6.45) is 0. The van der Waals surface area contributed by atoms with Gasteiger partial charge in [-0.3, -0.25) is 10.1 Å². The fraction of sp³-hybridized carbons (Fsp3) is 0.714. The molecular weight excluding hydrogens is 182 g/mol. The van der Waals surface area contributed by atoms with E-state index in [0.717, 1.165) is 0 Å². The van der Waals surface area contributed by atoms with Crippen molar-refractivity contribution in [3.63, 3.8) is 0 Å². The number of likely N-dealkylation sites (N-methyl/N-ethyl adjacent to an activating group) is 1. The van der Waals surface area contributed by atoms with E-state index < -0.39 is 16.8 Å². The van der Waals surface area contributed by atoms with E-state index in [0.29, 0.717) is 0 Å². The molecule has 0 aromatic carbocycles. The predicted octanol–water partition coefficient (Wildman–Crippen LogP) is 0.293. The highest BCUT2D eigenvalue weighted by atomic mass is 35.5. The Morgan fingerprint density at radius 1 is 1.58 bits per heavy atom. The molecule has 0 saturated heterocycles. The third-order valence-corrected chi connectivity index (χ3v) is 1.95. The fourth-order valence-electron chi connectivity index (χ4n) is 0.556. The minimum absolute atomic E-state index is 0.222. The van der Waals surface area contributed by atoms with E-state index in [4.69, 9.17) is 11.6 Å². The number of halogens is 1. The number of rotatable bonds is 4. The number of hydrogen-bond donors (Lipinski definition) is 1. The first-order valence-corrected chi connectivity index (χ1v) is 3.93. The van der Waals surface area contributed by atoms with Crippen LogP contribution < -0.4 is 5.32 Å². The predicted molar refractivity (Wildman–Crippen MR) is 45.0 cm³/mol. The second-order valence-electron chi connectivity index (χ2n) is 2.37. The Morgan fingerprint density at radius 3 is 2.33 bits per heavy atom. The van der Waals surface area contributed by atoms with Crippen molar-refractivity contribution >= 4 is 22.8 Å². The Labute approximate surface area is 76.2 Å². The molecule has 1 atom stereocenters. The molecule has 0 saturated carbocycles. The summed E-state index contributed by atoms with van der Waals surface area (Å²) in [6, 6.07) is 0. The van der Waals surface area contributed by atoms with Crippen LogP contribution in [-0.2, 0) is 14.3 Å². The maximum absolute atomic E-state index is 11.1. The van der Waals surface area contributed by atoms with Gasteiger partial charge < -0.3 is 4.74 Å². The molecule has 5 heteroatoms. The van der Waals surface area contributed by atoms with Gasteiger partial charge in [-0.1, -0.05) is 0 Å². The molecule has 0 heterocycles. The zero-order chi connectivity index (χ0) is 9.78. The largest absolute Gasteiger partial charge is 0.464 e. The van der Waals surface area contributed by atoms with E-state index in [1.807, 2.05) is 0 Å². The third kappa shape index (κ3) is 2.19. The van der Waals surface area contributed by atoms with Gasteiger partial charge in [-0.2, -0.15) is 0 Å². The van der Waals surface area contributed by atoms with E-state index in [2.05, 4.69) is 10.1 Å². The molecule has 1 N–H and O–H groups in total. The Hall–Kier alpha value is -0.610. The summed E-state index contributed by atoms with van der Waals surface area (Å²) in [7, 11) is 1.47. The van der Waals surface area contributed by atoms with E-state index in [1.165, 1.54) is 14.0 Å². The maximum Gasteiger partial charge on any atom is 0.335 e. The SMILES string of the molecule is CCOC(=O)[C@](C)(NC)C(=O)Cl. The van der Waals surface area contributed by atoms with Crippen LogP contribution in [0.4, 0.5) is 0 Å². The zero-order valence-corrected chi connectivity index (χ0v) is 8.07. The maximum atomic E-state index is 11.1. The average molecular weight is 194 g/mol. The van der Waals surface area contributed by atoms with Gasteiger partial charge in [0.1, 0.15) is 0 Å². The molecule has 0 spiro atoms. The minimum Gasteiger partial charge on any atom is -0.464 e. The normalized spacial score (nSPS) is 15.0. The molecule has 70 valence electrons. The highest BCUT2D eigenvalue weighted by Gasteiger charge is 2.39. The molecule has 0 aromatic heterocycles. The Bertz CT molecular complexity index is 195. The van der Waals surface area contributed by atoms with Crippen LogP contribution in [0.25, 0.3) is 0 Å². The van der Waals surface area contributed by atoms with E-state index in [1.54, 1.807) is 6.92 Å². The van der Waals surface area contributed by atoms with Gasteiger partial charge in [-0.25, -0.2) is 4.79 Å². The molecule has 0 fully saturated rings. The van der Waals surface area contributed by atoms with Gasteiger partial charge in [0.25, 0.3) is 5.24 Å². The number of hydrogen-bond acceptors (Lipinski definition) is 4. The molecule has 0 rings (SSSR count). The lowest BCUT2D eigenvalue weighted by Gasteiger charge is -2.21. The van der Waals surface area contributed by atoms with Gasteiger partial charge in [-0.05, 0) is 32.5 Å². The highest BCUT2D eigenvalue weighted by molar-refractivity contribution is 6.67. The topological polar surface area (TPSA) is 55.4 Å². The van der Waals surface area contributed by atoms with Crippen LogP contribution in [0, 0.1) is 0 Å². The second kappa shape index (κ2) is 4.42. The third-order valence-electron chi connectivity index (χ3n) is 1.58. The summed E-state index contributed by atoms with van der Waals surface area (Å²) in [5, 5.41) is 1.73. The lowest BCUT2D eigenvalue weighted by Crippen LogP contribution is -2.53. The number of esters is 1. The first-order valence-electron chi connectivity index (χ1n) is 3.55. The van der Waals surface area contributed by atoms with Crippen molar-refractivity contribution < 1.29 is 14.3 Å². The molecule has 12 heavy (non-hydrogen) atoms. The molecular formula is C7H12ClNO3. The smallest absolute Gasteiger partial charge is 0.335 e. The standard InChI is InChI=1S/C7H12ClNO3/c1-4-12-6(11)7(2,9-3)5(8)10/h9H,4H2,1-3H3/t7-/m1/s1. The number of carbonyl (C=O) groups is 2. The molecule has 0 aliphatic carbocycles. The van der Waals surface area contributed by atoms with Crippen LogP contribution in [-0.4, -0.2) is 30.4 Å². The highest BCUT2D eigenvalue weighted by Crippen LogP contribution is 2.10. The molecule has 0 radical (unpaired) electrons. The fourth-order valence-corrected chi connectivity index (χ4v) is 0.728. The van der Waals surface area contributed by atoms with Crippen molar-refractivity contribution in [3.05, 3.63) is 0 Å². The van der Waals surface area contributed by atoms with Gasteiger partial charge in [-0.15, -0.1) is 0 Å². The van der Waals surface area contributed by atoms with Crippen LogP contribution in [0.1, 0.15) is 13.8 Å². The lowest BCUT2D eigenvalue weighted by atomic mass is 10.1. The molecule has 0 aliphatic heterocycles. The van der Waals surface area contributed by atoms with Crippen molar-refractivity contribution in [3.8, 4) is 0 Å². The van der Waals surface area contributed by atoms with Crippen LogP contribution in [0.5, 0.6) is 0 Å². The minimum atomic E-state index is -1.43. The summed E-state index contributed by atoms with van der Waals surface area (Å²) in [4.78, 5) is 22.0. The van der Waals surface area contributed by atoms with Crippen LogP contribution in [0.3, 0.4) is 0 Å². The molecule has 0 aliphatic rings. The quantitative estimate of drug-likeness (QED) is 0.396. The van der Waals surface area contributed by atoms with E-state index >= 15 is 0 Å². The van der Waals surface area contributed by atoms with Gasteiger partial charge in [0, 0.05) is 0 Å². The van der Waals surface area contributed by atoms with Crippen LogP contribution in [0.2, 0.25) is 0 Å². The first-order chi connectivity index (χ1) is 5.49. The number of ether oxygens (including phenoxy) is 1. The molecule has 4 nitrogen and oxygen atoms in total. The monoisotopic (exact) mass is 193 g/mol. The Balaban J connectivity index is 4.52. The second-order valence-corrected chi connectivity index (χ2v) is 2.71. The Morgan fingerprint density at radius 2 is 2.08 bits per heavy atom. The van der Waals surface area contributed by atoms with Crippen molar-refractivity contribution in [1.29, 1.82) is 0 Å². The van der Waals surface area contributed by atoms with Crippen molar-refractivity contribution in [1.82, 2.24) is 5.32 Å². The summed E-state index contributed by atoms with van der Waals surface area (Å²) in [5.74, 6) is -0.660. The number of nitrogens with one attached hydrogen (secondary N) is 1. The van der Waals surface area contributed by atoms with Gasteiger partial charge in [0.15, 0.2) is 5.54 Å². The van der Waals surface area contributed by atoms with Gasteiger partial charge in [0.2, 0.25) is 0 Å². The van der Waals surface area contributed by atoms with Crippen molar-refractivity contribution in [2.75, 3.05) is 13.7 Å².